The Balaban J connectivity index is 0.000000745. The normalized spacial score (nSPS) is 16.4. The van der Waals surface area contributed by atoms with E-state index in [4.69, 9.17) is 40.4 Å². The fraction of sp³-hybridized carbons (Fsp3) is 0.591. The minimum atomic E-state index is 0.159. The molecule has 0 amide bonds. The highest BCUT2D eigenvalue weighted by Gasteiger charge is 2.20. The van der Waals surface area contributed by atoms with Gasteiger partial charge in [-0.3, -0.25) is 0 Å². The number of hydrogen-bond donors (Lipinski definition) is 1. The van der Waals surface area contributed by atoms with Crippen LogP contribution in [0, 0.1) is 0 Å². The van der Waals surface area contributed by atoms with E-state index in [0.29, 0.717) is 10.4 Å². The van der Waals surface area contributed by atoms with Crippen molar-refractivity contribution < 1.29 is 28.8 Å². The molecule has 6 heterocycles. The predicted molar refractivity (Wildman–Crippen MR) is 242 cm³/mol. The second-order valence-electron chi connectivity index (χ2n) is 16.4. The summed E-state index contributed by atoms with van der Waals surface area (Å²) >= 11 is 14.0. The molecule has 3 aliphatic heterocycles. The smallest absolute Gasteiger partial charge is 0.306 e. The number of hydrogen-bond acceptors (Lipinski definition) is 15. The van der Waals surface area contributed by atoms with Crippen molar-refractivity contribution in [2.45, 2.75) is 117 Å². The zero-order valence-electron chi connectivity index (χ0n) is 36.8. The number of thioether (sulfide) groups is 2. The Morgan fingerprint density at radius 1 is 0.567 bits per heavy atom. The van der Waals surface area contributed by atoms with Crippen LogP contribution in [0.1, 0.15) is 91.2 Å². The Morgan fingerprint density at radius 2 is 0.933 bits per heavy atom. The molecule has 6 rings (SSSR count). The second-order valence-corrected chi connectivity index (χ2v) is 20.2. The summed E-state index contributed by atoms with van der Waals surface area (Å²) in [6.07, 6.45) is 14.0. The molecular weight excluding hydrogens is 840 g/mol. The van der Waals surface area contributed by atoms with E-state index in [9.17, 15) is 0 Å². The van der Waals surface area contributed by atoms with Crippen molar-refractivity contribution in [3.05, 3.63) is 77.3 Å². The van der Waals surface area contributed by atoms with Crippen molar-refractivity contribution in [3.63, 3.8) is 0 Å². The Hall–Kier alpha value is -3.19. The first-order valence-electron chi connectivity index (χ1n) is 19.9. The lowest BCUT2D eigenvalue weighted by Crippen LogP contribution is -2.31. The molecule has 3 fully saturated rings. The van der Waals surface area contributed by atoms with Gasteiger partial charge >= 0.3 is 18.5 Å². The number of likely N-dealkylation sites (tertiary alicyclic amines) is 3. The molecule has 0 spiro atoms. The average Bonchev–Trinajstić information content (AvgIpc) is 3.19. The Labute approximate surface area is 377 Å². The monoisotopic (exact) mass is 904 g/mol. The summed E-state index contributed by atoms with van der Waals surface area (Å²) < 4.78 is 0. The quantitative estimate of drug-likeness (QED) is 0.198. The van der Waals surface area contributed by atoms with Gasteiger partial charge in [-0.2, -0.15) is 41.4 Å². The molecule has 332 valence electrons. The molecule has 0 radical (unpaired) electrons. The van der Waals surface area contributed by atoms with Gasteiger partial charge in [-0.05, 0) is 157 Å². The Kier molecular flexibility index (Phi) is 30.8. The van der Waals surface area contributed by atoms with Crippen LogP contribution in [0.4, 0.5) is 0 Å². The predicted octanol–water partition coefficient (Wildman–Crippen LogP) is 8.13. The van der Waals surface area contributed by atoms with Crippen LogP contribution in [0.25, 0.3) is 0 Å². The first-order chi connectivity index (χ1) is 28.3. The summed E-state index contributed by atoms with van der Waals surface area (Å²) in [6.45, 7) is 20.6. The van der Waals surface area contributed by atoms with E-state index in [1.807, 2.05) is 54.1 Å². The third-order valence-corrected chi connectivity index (χ3v) is 12.7. The first kappa shape index (κ1) is 56.8. The number of pyridine rings is 3. The van der Waals surface area contributed by atoms with E-state index in [1.54, 1.807) is 6.20 Å². The van der Waals surface area contributed by atoms with Crippen LogP contribution in [-0.2, 0) is 39.6 Å². The number of rotatable bonds is 4. The van der Waals surface area contributed by atoms with Gasteiger partial charge in [-0.25, -0.2) is 15.0 Å². The highest BCUT2D eigenvalue weighted by atomic mass is 35.5. The van der Waals surface area contributed by atoms with E-state index in [0.717, 1.165) is 10.5 Å². The zero-order valence-corrected chi connectivity index (χ0v) is 40.0. The molecule has 3 aliphatic rings. The van der Waals surface area contributed by atoms with E-state index in [2.05, 4.69) is 129 Å². The average molecular weight is 906 g/mol. The molecule has 3 saturated heterocycles. The number of halogens is 1. The van der Waals surface area contributed by atoms with Gasteiger partial charge in [0.15, 0.2) is 0 Å². The highest BCUT2D eigenvalue weighted by Crippen LogP contribution is 2.32. The van der Waals surface area contributed by atoms with Crippen LogP contribution in [0.5, 0.6) is 0 Å². The van der Waals surface area contributed by atoms with Crippen LogP contribution in [0.15, 0.2) is 71.1 Å². The molecule has 0 atom stereocenters. The molecule has 3 aromatic rings. The maximum Gasteiger partial charge on any atom is 0.373 e. The fourth-order valence-electron chi connectivity index (χ4n) is 5.77. The highest BCUT2D eigenvalue weighted by molar-refractivity contribution is 8.00. The summed E-state index contributed by atoms with van der Waals surface area (Å²) in [6, 6.07) is 14.4. The van der Waals surface area contributed by atoms with Crippen LogP contribution in [0.3, 0.4) is 0 Å². The molecule has 0 bridgehead atoms. The van der Waals surface area contributed by atoms with Crippen molar-refractivity contribution in [1.29, 1.82) is 0 Å². The van der Waals surface area contributed by atoms with E-state index in [-0.39, 0.29) is 29.3 Å². The Bertz CT molecular complexity index is 1630. The van der Waals surface area contributed by atoms with Gasteiger partial charge in [0.2, 0.25) is 0 Å². The van der Waals surface area contributed by atoms with Gasteiger partial charge in [-0.1, -0.05) is 59.2 Å². The molecule has 0 aromatic carbocycles. The summed E-state index contributed by atoms with van der Waals surface area (Å²) in [7, 11) is 6.57. The fourth-order valence-corrected chi connectivity index (χ4v) is 8.34. The van der Waals surface area contributed by atoms with Crippen molar-refractivity contribution in [2.75, 3.05) is 60.4 Å². The largest absolute Gasteiger partial charge is 0.373 e. The second kappa shape index (κ2) is 32.5. The number of thiol groups is 1. The van der Waals surface area contributed by atoms with Gasteiger partial charge in [-0.15, -0.1) is 23.5 Å². The topological polar surface area (TPSA) is 151 Å². The van der Waals surface area contributed by atoms with Crippen molar-refractivity contribution in [2.24, 2.45) is 0 Å². The Morgan fingerprint density at radius 3 is 1.28 bits per heavy atom. The molecule has 3 aromatic heterocycles. The van der Waals surface area contributed by atoms with Gasteiger partial charge in [0.05, 0.1) is 10.1 Å². The maximum absolute atomic E-state index is 8.12. The lowest BCUT2D eigenvalue weighted by atomic mass is 9.88. The van der Waals surface area contributed by atoms with Crippen molar-refractivity contribution in [1.82, 2.24) is 29.7 Å². The zero-order chi connectivity index (χ0) is 45.6. The standard InChI is InChI=1S/C15H24N2S.C11H16N2S.C9H12ClN.C6H13NS.3CO2/c1-15(2,3)12-5-8-16-14(11-12)18-13-6-9-17(4)10-7-13;1-13-8-5-10(6-9-13)14-11-4-2-3-7-12-11;1-9(2,3)7-4-5-11-8(10)6-7;1-7-4-2-6(8)3-5-7;3*2-1-3/h5,8,11,13H,6-7,9-10H2,1-4H3;2-4,7,10H,5-6,8-9H2,1H3;4-6H,1-3H3;6,8H,2-5H2,1H3;;;. The van der Waals surface area contributed by atoms with Crippen LogP contribution >= 0.6 is 47.8 Å². The maximum atomic E-state index is 8.12. The number of piperidine rings is 3. The van der Waals surface area contributed by atoms with Crippen LogP contribution < -0.4 is 0 Å². The molecule has 0 aliphatic carbocycles. The van der Waals surface area contributed by atoms with Gasteiger partial charge < -0.3 is 14.7 Å². The van der Waals surface area contributed by atoms with E-state index < -0.39 is 0 Å². The molecular formula is C44H65ClN6O6S3. The van der Waals surface area contributed by atoms with Gasteiger partial charge in [0, 0.05) is 34.3 Å². The van der Waals surface area contributed by atoms with Crippen molar-refractivity contribution >= 4 is 66.2 Å². The molecule has 0 unspecified atom stereocenters. The van der Waals surface area contributed by atoms with E-state index in [1.165, 1.54) is 99.0 Å². The summed E-state index contributed by atoms with van der Waals surface area (Å²) in [5, 5.41) is 5.10. The molecule has 60 heavy (non-hydrogen) atoms. The van der Waals surface area contributed by atoms with Gasteiger partial charge in [0.1, 0.15) is 5.15 Å². The van der Waals surface area contributed by atoms with Crippen LogP contribution in [-0.4, -0.2) is 124 Å². The number of carbonyl (C=O) groups excluding carboxylic acids is 6. The molecule has 0 saturated carbocycles. The SMILES string of the molecule is CC(C)(C)c1ccnc(Cl)c1.CN1CCC(S)CC1.CN1CCC(Sc2cc(C(C)(C)C)ccn2)CC1.CN1CCC(Sc2ccccn2)CC1.O=C=O.O=C=O.O=C=O. The first-order valence-corrected chi connectivity index (χ1v) is 22.5. The number of aromatic nitrogens is 3. The number of nitrogens with zero attached hydrogens (tertiary/aromatic N) is 6. The third kappa shape index (κ3) is 28.4. The minimum absolute atomic E-state index is 0.159. The summed E-state index contributed by atoms with van der Waals surface area (Å²) in [5.74, 6) is 0. The lowest BCUT2D eigenvalue weighted by molar-refractivity contribution is -0.193. The van der Waals surface area contributed by atoms with Crippen molar-refractivity contribution in [3.8, 4) is 0 Å². The molecule has 12 nitrogen and oxygen atoms in total. The third-order valence-electron chi connectivity index (χ3n) is 9.43. The molecule has 16 heteroatoms. The van der Waals surface area contributed by atoms with Crippen LogP contribution in [0.2, 0.25) is 5.15 Å². The minimum Gasteiger partial charge on any atom is -0.306 e. The van der Waals surface area contributed by atoms with E-state index >= 15 is 0 Å². The lowest BCUT2D eigenvalue weighted by Gasteiger charge is -2.28. The summed E-state index contributed by atoms with van der Waals surface area (Å²) in [5.41, 5.74) is 2.97. The summed E-state index contributed by atoms with van der Waals surface area (Å²) in [4.78, 5) is 68.7. The molecule has 0 N–H and O–H groups in total. The van der Waals surface area contributed by atoms with Gasteiger partial charge in [0.25, 0.3) is 0 Å².